The lowest BCUT2D eigenvalue weighted by atomic mass is 9.93. The first-order chi connectivity index (χ1) is 15.3. The molecule has 1 fully saturated rings. The van der Waals surface area contributed by atoms with Crippen LogP contribution in [0.4, 0.5) is 0 Å². The van der Waals surface area contributed by atoms with E-state index in [-0.39, 0.29) is 11.3 Å². The molecule has 0 bridgehead atoms. The van der Waals surface area contributed by atoms with Crippen LogP contribution in [0.15, 0.2) is 48.0 Å². The van der Waals surface area contributed by atoms with Crippen molar-refractivity contribution < 1.29 is 24.2 Å². The number of amides is 1. The molecular weight excluding hydrogens is 408 g/mol. The number of methoxy groups -OCH3 is 1. The normalized spacial score (nSPS) is 17.8. The summed E-state index contributed by atoms with van der Waals surface area (Å²) < 4.78 is 10.9. The number of rotatable bonds is 8. The second kappa shape index (κ2) is 9.87. The van der Waals surface area contributed by atoms with E-state index in [0.717, 1.165) is 5.56 Å². The Bertz CT molecular complexity index is 1040. The Morgan fingerprint density at radius 1 is 1.12 bits per heavy atom. The topological polar surface area (TPSA) is 79.3 Å². The van der Waals surface area contributed by atoms with Crippen molar-refractivity contribution in [2.45, 2.75) is 19.9 Å². The maximum Gasteiger partial charge on any atom is 0.295 e. The highest BCUT2D eigenvalue weighted by Crippen LogP contribution is 2.40. The van der Waals surface area contributed by atoms with Crippen LogP contribution in [-0.4, -0.2) is 67.5 Å². The van der Waals surface area contributed by atoms with Gasteiger partial charge in [0, 0.05) is 18.7 Å². The number of aryl methyl sites for hydroxylation is 1. The van der Waals surface area contributed by atoms with Crippen LogP contribution >= 0.6 is 0 Å². The highest BCUT2D eigenvalue weighted by molar-refractivity contribution is 6.46. The summed E-state index contributed by atoms with van der Waals surface area (Å²) in [5.74, 6) is -0.215. The SMILES string of the molecule is CCOc1cccc(C2/C(=C(\O)c3ccc(OC)cc3C)C(=O)C(=O)N2CCN(C)C)c1. The number of hydrogen-bond acceptors (Lipinski definition) is 6. The number of likely N-dealkylation sites (N-methyl/N-ethyl adjacent to an activating group) is 1. The van der Waals surface area contributed by atoms with Crippen LogP contribution < -0.4 is 9.47 Å². The first-order valence-electron chi connectivity index (χ1n) is 10.6. The Balaban J connectivity index is 2.17. The van der Waals surface area contributed by atoms with E-state index in [0.29, 0.717) is 42.3 Å². The molecule has 0 saturated carbocycles. The molecule has 3 rings (SSSR count). The average molecular weight is 439 g/mol. The fourth-order valence-corrected chi connectivity index (χ4v) is 3.88. The number of carbonyl (C=O) groups excluding carboxylic acids is 2. The number of ketones is 1. The molecule has 0 aliphatic carbocycles. The first kappa shape index (κ1) is 23.3. The monoisotopic (exact) mass is 438 g/mol. The number of Topliss-reactive ketones (excluding diaryl/α,β-unsaturated/α-hetero) is 1. The van der Waals surface area contributed by atoms with Gasteiger partial charge in [-0.3, -0.25) is 9.59 Å². The van der Waals surface area contributed by atoms with Crippen LogP contribution in [0.3, 0.4) is 0 Å². The number of likely N-dealkylation sites (tertiary alicyclic amines) is 1. The van der Waals surface area contributed by atoms with Gasteiger partial charge in [-0.2, -0.15) is 0 Å². The average Bonchev–Trinajstić information content (AvgIpc) is 3.02. The number of hydrogen-bond donors (Lipinski definition) is 1. The van der Waals surface area contributed by atoms with Gasteiger partial charge in [-0.05, 0) is 69.4 Å². The summed E-state index contributed by atoms with van der Waals surface area (Å²) in [5, 5.41) is 11.2. The summed E-state index contributed by atoms with van der Waals surface area (Å²) in [6.07, 6.45) is 0. The van der Waals surface area contributed by atoms with Crippen molar-refractivity contribution in [3.63, 3.8) is 0 Å². The van der Waals surface area contributed by atoms with E-state index in [4.69, 9.17) is 9.47 Å². The highest BCUT2D eigenvalue weighted by Gasteiger charge is 2.46. The predicted molar refractivity (Wildman–Crippen MR) is 123 cm³/mol. The third-order valence-corrected chi connectivity index (χ3v) is 5.50. The van der Waals surface area contributed by atoms with E-state index in [1.165, 1.54) is 4.90 Å². The molecule has 2 aromatic carbocycles. The lowest BCUT2D eigenvalue weighted by Gasteiger charge is -2.27. The molecule has 2 aromatic rings. The molecule has 32 heavy (non-hydrogen) atoms. The first-order valence-corrected chi connectivity index (χ1v) is 10.6. The Hall–Kier alpha value is -3.32. The van der Waals surface area contributed by atoms with E-state index >= 15 is 0 Å². The highest BCUT2D eigenvalue weighted by atomic mass is 16.5. The molecular formula is C25H30N2O5. The lowest BCUT2D eigenvalue weighted by Crippen LogP contribution is -2.35. The standard InChI is InChI=1S/C25H30N2O5/c1-6-32-19-9-7-8-17(15-19)22-21(24(29)25(30)27(22)13-12-26(3)4)23(28)20-11-10-18(31-5)14-16(20)2/h7-11,14-15,22,28H,6,12-13H2,1-5H3/b23-21+. The molecule has 1 atom stereocenters. The van der Waals surface area contributed by atoms with Crippen LogP contribution in [0, 0.1) is 6.92 Å². The van der Waals surface area contributed by atoms with Crippen molar-refractivity contribution in [1.82, 2.24) is 9.80 Å². The fraction of sp³-hybridized carbons (Fsp3) is 0.360. The van der Waals surface area contributed by atoms with E-state index in [9.17, 15) is 14.7 Å². The molecule has 7 nitrogen and oxygen atoms in total. The quantitative estimate of drug-likeness (QED) is 0.387. The minimum atomic E-state index is -0.711. The Morgan fingerprint density at radius 3 is 2.50 bits per heavy atom. The van der Waals surface area contributed by atoms with Crippen molar-refractivity contribution in [3.8, 4) is 11.5 Å². The zero-order valence-electron chi connectivity index (χ0n) is 19.2. The molecule has 0 aromatic heterocycles. The van der Waals surface area contributed by atoms with Crippen LogP contribution in [-0.2, 0) is 9.59 Å². The van der Waals surface area contributed by atoms with Gasteiger partial charge in [-0.25, -0.2) is 0 Å². The van der Waals surface area contributed by atoms with Crippen LogP contribution in [0.1, 0.15) is 29.7 Å². The summed E-state index contributed by atoms with van der Waals surface area (Å²) in [6, 6.07) is 11.8. The minimum Gasteiger partial charge on any atom is -0.507 e. The maximum absolute atomic E-state index is 13.1. The second-order valence-electron chi connectivity index (χ2n) is 7.98. The third-order valence-electron chi connectivity index (χ3n) is 5.50. The van der Waals surface area contributed by atoms with Crippen LogP contribution in [0.25, 0.3) is 5.76 Å². The number of aliphatic hydroxyl groups is 1. The summed E-state index contributed by atoms with van der Waals surface area (Å²) in [5.41, 5.74) is 2.02. The maximum atomic E-state index is 13.1. The van der Waals surface area contributed by atoms with E-state index in [2.05, 4.69) is 0 Å². The molecule has 1 unspecified atom stereocenters. The molecule has 0 radical (unpaired) electrons. The molecule has 1 heterocycles. The molecule has 7 heteroatoms. The zero-order valence-corrected chi connectivity index (χ0v) is 19.2. The third kappa shape index (κ3) is 4.62. The summed E-state index contributed by atoms with van der Waals surface area (Å²) in [7, 11) is 5.37. The predicted octanol–water partition coefficient (Wildman–Crippen LogP) is 3.39. The van der Waals surface area contributed by atoms with Crippen molar-refractivity contribution >= 4 is 17.4 Å². The van der Waals surface area contributed by atoms with Gasteiger partial charge in [0.25, 0.3) is 11.7 Å². The van der Waals surface area contributed by atoms with Crippen molar-refractivity contribution in [2.24, 2.45) is 0 Å². The van der Waals surface area contributed by atoms with Gasteiger partial charge in [-0.1, -0.05) is 12.1 Å². The number of aliphatic hydroxyl groups excluding tert-OH is 1. The summed E-state index contributed by atoms with van der Waals surface area (Å²) in [4.78, 5) is 29.6. The Labute approximate surface area is 188 Å². The molecule has 1 aliphatic rings. The van der Waals surface area contributed by atoms with Crippen LogP contribution in [0.2, 0.25) is 0 Å². The van der Waals surface area contributed by atoms with E-state index in [1.54, 1.807) is 25.3 Å². The molecule has 1 N–H and O–H groups in total. The van der Waals surface area contributed by atoms with Crippen molar-refractivity contribution in [2.75, 3.05) is 40.9 Å². The molecule has 0 spiro atoms. The molecule has 170 valence electrons. The largest absolute Gasteiger partial charge is 0.507 e. The Morgan fingerprint density at radius 2 is 1.88 bits per heavy atom. The second-order valence-corrected chi connectivity index (χ2v) is 7.98. The van der Waals surface area contributed by atoms with Gasteiger partial charge in [0.1, 0.15) is 17.3 Å². The molecule has 1 saturated heterocycles. The number of nitrogens with zero attached hydrogens (tertiary/aromatic N) is 2. The molecule has 1 amide bonds. The number of ether oxygens (including phenoxy) is 2. The van der Waals surface area contributed by atoms with Crippen LogP contribution in [0.5, 0.6) is 11.5 Å². The molecule has 1 aliphatic heterocycles. The zero-order chi connectivity index (χ0) is 23.4. The lowest BCUT2D eigenvalue weighted by molar-refractivity contribution is -0.140. The van der Waals surface area contributed by atoms with Gasteiger partial charge in [0.05, 0.1) is 25.3 Å². The van der Waals surface area contributed by atoms with E-state index < -0.39 is 17.7 Å². The van der Waals surface area contributed by atoms with Crippen molar-refractivity contribution in [3.05, 3.63) is 64.7 Å². The fourth-order valence-electron chi connectivity index (χ4n) is 3.88. The smallest absolute Gasteiger partial charge is 0.295 e. The van der Waals surface area contributed by atoms with Gasteiger partial charge in [-0.15, -0.1) is 0 Å². The van der Waals surface area contributed by atoms with Crippen molar-refractivity contribution in [1.29, 1.82) is 0 Å². The number of carbonyl (C=O) groups is 2. The van der Waals surface area contributed by atoms with Gasteiger partial charge >= 0.3 is 0 Å². The van der Waals surface area contributed by atoms with E-state index in [1.807, 2.05) is 57.1 Å². The Kier molecular flexibility index (Phi) is 7.20. The summed E-state index contributed by atoms with van der Waals surface area (Å²) in [6.45, 7) is 5.14. The summed E-state index contributed by atoms with van der Waals surface area (Å²) >= 11 is 0. The van der Waals surface area contributed by atoms with Gasteiger partial charge < -0.3 is 24.4 Å². The minimum absolute atomic E-state index is 0.0793. The van der Waals surface area contributed by atoms with Gasteiger partial charge in [0.15, 0.2) is 0 Å². The van der Waals surface area contributed by atoms with Gasteiger partial charge in [0.2, 0.25) is 0 Å². The number of benzene rings is 2.